The molecule has 1 aliphatic carbocycles. The number of aliphatic hydroxyl groups excluding tert-OH is 1. The highest BCUT2D eigenvalue weighted by molar-refractivity contribution is 4.91. The van der Waals surface area contributed by atoms with Gasteiger partial charge in [0.1, 0.15) is 0 Å². The van der Waals surface area contributed by atoms with Gasteiger partial charge in [-0.15, -0.1) is 0 Å². The third kappa shape index (κ3) is 2.96. The van der Waals surface area contributed by atoms with Crippen molar-refractivity contribution in [2.24, 2.45) is 5.92 Å². The van der Waals surface area contributed by atoms with Gasteiger partial charge in [0.25, 0.3) is 0 Å². The third-order valence-corrected chi connectivity index (χ3v) is 3.50. The van der Waals surface area contributed by atoms with Crippen LogP contribution in [0.15, 0.2) is 0 Å². The number of hydrogen-bond acceptors (Lipinski definition) is 2. The summed E-state index contributed by atoms with van der Waals surface area (Å²) >= 11 is 0. The van der Waals surface area contributed by atoms with Crippen molar-refractivity contribution in [1.29, 1.82) is 0 Å². The topological polar surface area (TPSA) is 40.5 Å². The van der Waals surface area contributed by atoms with Crippen LogP contribution in [0.3, 0.4) is 0 Å². The molecule has 0 bridgehead atoms. The first-order valence-electron chi connectivity index (χ1n) is 5.99. The quantitative estimate of drug-likeness (QED) is 0.715. The maximum Gasteiger partial charge on any atom is 0.0905 e. The molecule has 1 fully saturated rings. The van der Waals surface area contributed by atoms with Crippen molar-refractivity contribution in [3.63, 3.8) is 0 Å². The molecule has 84 valence electrons. The summed E-state index contributed by atoms with van der Waals surface area (Å²) in [6.45, 7) is 4.32. The van der Waals surface area contributed by atoms with Crippen molar-refractivity contribution in [3.8, 4) is 0 Å². The highest BCUT2D eigenvalue weighted by Gasteiger charge is 2.38. The molecule has 14 heavy (non-hydrogen) atoms. The van der Waals surface area contributed by atoms with Gasteiger partial charge in [-0.2, -0.15) is 0 Å². The normalized spacial score (nSPS) is 24.9. The molecule has 0 aromatic heterocycles. The minimum atomic E-state index is -0.762. The molecule has 1 saturated carbocycles. The van der Waals surface area contributed by atoms with E-state index in [9.17, 15) is 10.2 Å². The van der Waals surface area contributed by atoms with Gasteiger partial charge < -0.3 is 10.2 Å². The van der Waals surface area contributed by atoms with Crippen LogP contribution in [0.2, 0.25) is 0 Å². The molecule has 2 heteroatoms. The third-order valence-electron chi connectivity index (χ3n) is 3.50. The van der Waals surface area contributed by atoms with E-state index in [-0.39, 0.29) is 0 Å². The summed E-state index contributed by atoms with van der Waals surface area (Å²) in [5.74, 6) is 0.527. The molecule has 2 nitrogen and oxygen atoms in total. The highest BCUT2D eigenvalue weighted by Crippen LogP contribution is 2.35. The molecule has 2 unspecified atom stereocenters. The Morgan fingerprint density at radius 1 is 1.29 bits per heavy atom. The van der Waals surface area contributed by atoms with Crippen molar-refractivity contribution in [3.05, 3.63) is 0 Å². The van der Waals surface area contributed by atoms with Crippen LogP contribution in [0.4, 0.5) is 0 Å². The highest BCUT2D eigenvalue weighted by atomic mass is 16.3. The van der Waals surface area contributed by atoms with Gasteiger partial charge in [0.05, 0.1) is 11.7 Å². The molecular weight excluding hydrogens is 176 g/mol. The average Bonchev–Trinajstić information content (AvgIpc) is 2.54. The zero-order valence-corrected chi connectivity index (χ0v) is 9.50. The predicted octanol–water partition coefficient (Wildman–Crippen LogP) is 2.48. The van der Waals surface area contributed by atoms with E-state index < -0.39 is 11.7 Å². The van der Waals surface area contributed by atoms with Crippen LogP contribution in [0.25, 0.3) is 0 Å². The molecule has 0 aliphatic heterocycles. The Kier molecular flexibility index (Phi) is 4.39. The Bertz CT molecular complexity index is 162. The van der Waals surface area contributed by atoms with Gasteiger partial charge in [0.15, 0.2) is 0 Å². The van der Waals surface area contributed by atoms with Crippen LogP contribution in [0, 0.1) is 5.92 Å². The van der Waals surface area contributed by atoms with E-state index in [2.05, 4.69) is 13.8 Å². The lowest BCUT2D eigenvalue weighted by Gasteiger charge is -2.30. The fraction of sp³-hybridized carbons (Fsp3) is 1.00. The Balaban J connectivity index is 2.36. The summed E-state index contributed by atoms with van der Waals surface area (Å²) in [6.07, 6.45) is 6.25. The zero-order chi connectivity index (χ0) is 10.6. The molecular formula is C12H24O2. The number of rotatable bonds is 5. The van der Waals surface area contributed by atoms with E-state index in [1.54, 1.807) is 0 Å². The average molecular weight is 200 g/mol. The summed E-state index contributed by atoms with van der Waals surface area (Å²) in [7, 11) is 0. The van der Waals surface area contributed by atoms with E-state index in [0.29, 0.717) is 5.92 Å². The summed E-state index contributed by atoms with van der Waals surface area (Å²) < 4.78 is 0. The van der Waals surface area contributed by atoms with E-state index in [1.807, 2.05) is 0 Å². The smallest absolute Gasteiger partial charge is 0.0905 e. The van der Waals surface area contributed by atoms with Crippen LogP contribution >= 0.6 is 0 Å². The molecule has 1 aliphatic rings. The van der Waals surface area contributed by atoms with Crippen molar-refractivity contribution in [2.45, 2.75) is 70.5 Å². The van der Waals surface area contributed by atoms with Crippen molar-refractivity contribution >= 4 is 0 Å². The summed E-state index contributed by atoms with van der Waals surface area (Å²) in [6, 6.07) is 0. The lowest BCUT2D eigenvalue weighted by molar-refractivity contribution is -0.0785. The molecule has 0 spiro atoms. The second-order valence-electron chi connectivity index (χ2n) is 4.96. The van der Waals surface area contributed by atoms with Crippen molar-refractivity contribution in [1.82, 2.24) is 0 Å². The largest absolute Gasteiger partial charge is 0.390 e. The first kappa shape index (κ1) is 12.0. The molecule has 2 N–H and O–H groups in total. The van der Waals surface area contributed by atoms with E-state index in [0.717, 1.165) is 44.9 Å². The minimum absolute atomic E-state index is 0.508. The Hall–Kier alpha value is -0.0800. The maximum absolute atomic E-state index is 10.1. The van der Waals surface area contributed by atoms with E-state index in [1.165, 1.54) is 0 Å². The number of hydrogen-bond donors (Lipinski definition) is 2. The molecule has 0 aromatic rings. The fourth-order valence-electron chi connectivity index (χ4n) is 2.53. The maximum atomic E-state index is 10.1. The van der Waals surface area contributed by atoms with Crippen molar-refractivity contribution in [2.75, 3.05) is 0 Å². The summed E-state index contributed by atoms with van der Waals surface area (Å²) in [5, 5.41) is 20.1. The first-order chi connectivity index (χ1) is 6.58. The number of aliphatic hydroxyl groups is 2. The molecule has 0 heterocycles. The first-order valence-corrected chi connectivity index (χ1v) is 5.99. The second-order valence-corrected chi connectivity index (χ2v) is 4.96. The van der Waals surface area contributed by atoms with Crippen LogP contribution in [-0.4, -0.2) is 21.9 Å². The molecule has 0 amide bonds. The van der Waals surface area contributed by atoms with E-state index >= 15 is 0 Å². The van der Waals surface area contributed by atoms with Gasteiger partial charge in [-0.05, 0) is 25.2 Å². The SMILES string of the molecule is CCCC(C)CC(O)C1(O)CCCC1. The van der Waals surface area contributed by atoms with Gasteiger partial charge in [-0.1, -0.05) is 39.5 Å². The summed E-state index contributed by atoms with van der Waals surface area (Å²) in [5.41, 5.74) is -0.762. The molecule has 1 rings (SSSR count). The zero-order valence-electron chi connectivity index (χ0n) is 9.50. The van der Waals surface area contributed by atoms with Gasteiger partial charge >= 0.3 is 0 Å². The standard InChI is InChI=1S/C12H24O2/c1-3-6-10(2)9-11(13)12(14)7-4-5-8-12/h10-11,13-14H,3-9H2,1-2H3. The molecule has 0 radical (unpaired) electrons. The van der Waals surface area contributed by atoms with Gasteiger partial charge in [-0.25, -0.2) is 0 Å². The molecule has 0 saturated heterocycles. The van der Waals surface area contributed by atoms with Gasteiger partial charge in [-0.3, -0.25) is 0 Å². The Morgan fingerprint density at radius 2 is 1.86 bits per heavy atom. The van der Waals surface area contributed by atoms with Crippen LogP contribution in [0.1, 0.15) is 58.8 Å². The van der Waals surface area contributed by atoms with Gasteiger partial charge in [0, 0.05) is 0 Å². The van der Waals surface area contributed by atoms with Crippen molar-refractivity contribution < 1.29 is 10.2 Å². The van der Waals surface area contributed by atoms with Crippen LogP contribution < -0.4 is 0 Å². The lowest BCUT2D eigenvalue weighted by Crippen LogP contribution is -2.40. The fourth-order valence-corrected chi connectivity index (χ4v) is 2.53. The molecule has 2 atom stereocenters. The van der Waals surface area contributed by atoms with E-state index in [4.69, 9.17) is 0 Å². The van der Waals surface area contributed by atoms with Gasteiger partial charge in [0.2, 0.25) is 0 Å². The lowest BCUT2D eigenvalue weighted by atomic mass is 9.87. The van der Waals surface area contributed by atoms with Crippen LogP contribution in [-0.2, 0) is 0 Å². The van der Waals surface area contributed by atoms with Crippen LogP contribution in [0.5, 0.6) is 0 Å². The second kappa shape index (κ2) is 5.13. The monoisotopic (exact) mass is 200 g/mol. The minimum Gasteiger partial charge on any atom is -0.390 e. The Labute approximate surface area is 87.3 Å². The molecule has 0 aromatic carbocycles. The predicted molar refractivity (Wildman–Crippen MR) is 58.1 cm³/mol. The Morgan fingerprint density at radius 3 is 2.36 bits per heavy atom. The summed E-state index contributed by atoms with van der Waals surface area (Å²) in [4.78, 5) is 0.